The first-order valence-electron chi connectivity index (χ1n) is 15.0. The molecule has 4 aromatic rings. The van der Waals surface area contributed by atoms with Crippen molar-refractivity contribution in [2.24, 2.45) is 5.92 Å². The van der Waals surface area contributed by atoms with Gasteiger partial charge in [-0.15, -0.1) is 11.3 Å². The van der Waals surface area contributed by atoms with Crippen LogP contribution < -0.4 is 15.4 Å². The Labute approximate surface area is 275 Å². The summed E-state index contributed by atoms with van der Waals surface area (Å²) in [5.74, 6) is 0.148. The molecule has 0 saturated heterocycles. The highest BCUT2D eigenvalue weighted by atomic mass is 32.2. The van der Waals surface area contributed by atoms with Crippen LogP contribution in [0.1, 0.15) is 41.0 Å². The van der Waals surface area contributed by atoms with Crippen molar-refractivity contribution in [3.63, 3.8) is 0 Å². The van der Waals surface area contributed by atoms with Gasteiger partial charge >= 0.3 is 0 Å². The summed E-state index contributed by atoms with van der Waals surface area (Å²) in [6.45, 7) is 6.06. The Morgan fingerprint density at radius 1 is 1.00 bits per heavy atom. The van der Waals surface area contributed by atoms with Crippen LogP contribution in [0, 0.1) is 12.8 Å². The topological polar surface area (TPSA) is 130 Å². The monoisotopic (exact) mass is 666 g/mol. The van der Waals surface area contributed by atoms with Crippen LogP contribution in [-0.2, 0) is 27.8 Å². The molecule has 0 aliphatic heterocycles. The number of hydrogen-bond donors (Lipinski definition) is 3. The Balaban J connectivity index is 1.59. The largest absolute Gasteiger partial charge is 0.497 e. The zero-order chi connectivity index (χ0) is 33.3. The Bertz CT molecular complexity index is 1680. The molecule has 0 aliphatic carbocycles. The van der Waals surface area contributed by atoms with Crippen molar-refractivity contribution in [3.05, 3.63) is 101 Å². The summed E-state index contributed by atoms with van der Waals surface area (Å²) in [6.07, 6.45) is -0.920. The molecule has 4 rings (SSSR count). The highest BCUT2D eigenvalue weighted by Crippen LogP contribution is 2.27. The molecular formula is C34H42N4O6S2. The van der Waals surface area contributed by atoms with Crippen LogP contribution in [0.4, 0.5) is 10.8 Å². The van der Waals surface area contributed by atoms with Gasteiger partial charge in [0, 0.05) is 36.8 Å². The van der Waals surface area contributed by atoms with Crippen LogP contribution in [0.5, 0.6) is 5.75 Å². The number of methoxy groups -OCH3 is 2. The minimum Gasteiger partial charge on any atom is -0.497 e. The van der Waals surface area contributed by atoms with Crippen LogP contribution in [0.2, 0.25) is 0 Å². The first kappa shape index (κ1) is 35.1. The quantitative estimate of drug-likeness (QED) is 0.145. The lowest BCUT2D eigenvalue weighted by Crippen LogP contribution is -2.51. The number of benzene rings is 3. The molecule has 10 nitrogen and oxygen atoms in total. The number of amides is 1. The molecule has 1 aromatic heterocycles. The first-order chi connectivity index (χ1) is 22.0. The van der Waals surface area contributed by atoms with E-state index in [1.54, 1.807) is 31.4 Å². The predicted octanol–water partition coefficient (Wildman–Crippen LogP) is 5.40. The summed E-state index contributed by atoms with van der Waals surface area (Å²) >= 11 is 1.44. The van der Waals surface area contributed by atoms with Gasteiger partial charge in [-0.05, 0) is 66.8 Å². The van der Waals surface area contributed by atoms with E-state index in [-0.39, 0.29) is 29.8 Å². The Morgan fingerprint density at radius 3 is 2.37 bits per heavy atom. The van der Waals surface area contributed by atoms with E-state index in [4.69, 9.17) is 9.47 Å². The molecule has 2 atom stereocenters. The van der Waals surface area contributed by atoms with Gasteiger partial charge in [-0.2, -0.15) is 4.31 Å². The lowest BCUT2D eigenvalue weighted by atomic mass is 9.99. The van der Waals surface area contributed by atoms with Crippen molar-refractivity contribution in [1.29, 1.82) is 0 Å². The summed E-state index contributed by atoms with van der Waals surface area (Å²) in [5.41, 5.74) is 3.55. The molecule has 0 radical (unpaired) electrons. The lowest BCUT2D eigenvalue weighted by molar-refractivity contribution is 0.0775. The zero-order valence-corrected chi connectivity index (χ0v) is 28.4. The highest BCUT2D eigenvalue weighted by molar-refractivity contribution is 7.89. The molecule has 1 heterocycles. The first-order valence-corrected chi connectivity index (χ1v) is 17.3. The van der Waals surface area contributed by atoms with Crippen LogP contribution in [0.15, 0.2) is 83.1 Å². The average molecular weight is 667 g/mol. The third kappa shape index (κ3) is 9.14. The minimum atomic E-state index is -3.96. The number of thiazole rings is 1. The molecule has 246 valence electrons. The summed E-state index contributed by atoms with van der Waals surface area (Å²) in [4.78, 5) is 18.4. The van der Waals surface area contributed by atoms with Crippen LogP contribution >= 0.6 is 11.3 Å². The van der Waals surface area contributed by atoms with E-state index in [1.165, 1.54) is 34.9 Å². The second kappa shape index (κ2) is 16.1. The maximum absolute atomic E-state index is 13.8. The Morgan fingerprint density at radius 2 is 1.72 bits per heavy atom. The number of aliphatic hydroxyl groups excluding tert-OH is 1. The second-order valence-electron chi connectivity index (χ2n) is 11.4. The van der Waals surface area contributed by atoms with Crippen molar-refractivity contribution in [2.75, 3.05) is 32.6 Å². The van der Waals surface area contributed by atoms with Crippen LogP contribution in [0.3, 0.4) is 0 Å². The van der Waals surface area contributed by atoms with Crippen molar-refractivity contribution in [1.82, 2.24) is 14.6 Å². The standard InChI is InChI=1S/C34H42N4O6S2/c1-23(2)19-38(46(41,42)28-16-14-27(44-5)15-17-28)20-32(39)31(18-25-10-7-6-8-11-25)36-33(40)29-12-9-13-30(24(29)3)37-34-35-26(21-43-4)22-45-34/h6-17,22-23,31-32,39H,18-21H2,1-5H3,(H,35,37)(H,36,40)/t31-,32+/m0/s1. The number of aliphatic hydroxyl groups is 1. The number of carbonyl (C=O) groups excluding carboxylic acids is 1. The Kier molecular flexibility index (Phi) is 12.3. The number of nitrogens with zero attached hydrogens (tertiary/aromatic N) is 2. The van der Waals surface area contributed by atoms with E-state index in [2.05, 4.69) is 15.6 Å². The fourth-order valence-corrected chi connectivity index (χ4v) is 7.35. The van der Waals surface area contributed by atoms with Gasteiger partial charge in [-0.3, -0.25) is 4.79 Å². The minimum absolute atomic E-state index is 0.0105. The number of hydrogen-bond acceptors (Lipinski definition) is 9. The van der Waals surface area contributed by atoms with E-state index in [1.807, 2.05) is 62.5 Å². The van der Waals surface area contributed by atoms with Gasteiger partial charge in [0.15, 0.2) is 5.13 Å². The maximum Gasteiger partial charge on any atom is 0.251 e. The molecule has 12 heteroatoms. The number of carbonyl (C=O) groups is 1. The molecule has 0 bridgehead atoms. The molecule has 0 spiro atoms. The van der Waals surface area contributed by atoms with Gasteiger partial charge in [0.1, 0.15) is 5.75 Å². The summed E-state index contributed by atoms with van der Waals surface area (Å²) in [5, 5.41) is 20.5. The van der Waals surface area contributed by atoms with E-state index in [0.717, 1.165) is 16.9 Å². The van der Waals surface area contributed by atoms with Gasteiger partial charge in [0.25, 0.3) is 5.91 Å². The van der Waals surface area contributed by atoms with Gasteiger partial charge in [-0.1, -0.05) is 50.2 Å². The van der Waals surface area contributed by atoms with Crippen LogP contribution in [-0.4, -0.2) is 68.2 Å². The van der Waals surface area contributed by atoms with E-state index >= 15 is 0 Å². The average Bonchev–Trinajstić information content (AvgIpc) is 3.48. The summed E-state index contributed by atoms with van der Waals surface area (Å²) in [6, 6.07) is 20.2. The maximum atomic E-state index is 13.8. The second-order valence-corrected chi connectivity index (χ2v) is 14.2. The predicted molar refractivity (Wildman–Crippen MR) is 181 cm³/mol. The molecule has 3 aromatic carbocycles. The summed E-state index contributed by atoms with van der Waals surface area (Å²) in [7, 11) is -0.836. The fraction of sp³-hybridized carbons (Fsp3) is 0.353. The van der Waals surface area contributed by atoms with E-state index < -0.39 is 22.2 Å². The molecule has 46 heavy (non-hydrogen) atoms. The van der Waals surface area contributed by atoms with Gasteiger partial charge in [0.05, 0.1) is 36.5 Å². The molecule has 0 saturated carbocycles. The van der Waals surface area contributed by atoms with Crippen molar-refractivity contribution in [2.45, 2.75) is 50.8 Å². The molecule has 0 fully saturated rings. The number of sulfonamides is 1. The number of nitrogens with one attached hydrogen (secondary N) is 2. The third-order valence-corrected chi connectivity index (χ3v) is 10.1. The number of anilines is 2. The normalized spacial score (nSPS) is 13.0. The fourth-order valence-electron chi connectivity index (χ4n) is 5.02. The van der Waals surface area contributed by atoms with Crippen molar-refractivity contribution in [3.8, 4) is 5.75 Å². The number of aromatic nitrogens is 1. The smallest absolute Gasteiger partial charge is 0.251 e. The van der Waals surface area contributed by atoms with Crippen LogP contribution in [0.25, 0.3) is 0 Å². The lowest BCUT2D eigenvalue weighted by Gasteiger charge is -2.31. The Hall–Kier alpha value is -3.81. The summed E-state index contributed by atoms with van der Waals surface area (Å²) < 4.78 is 39.2. The highest BCUT2D eigenvalue weighted by Gasteiger charge is 2.32. The van der Waals surface area contributed by atoms with E-state index in [0.29, 0.717) is 35.0 Å². The SMILES string of the molecule is COCc1csc(Nc2cccc(C(=O)N[C@@H](Cc3ccccc3)[C@H](O)CN(CC(C)C)S(=O)(=O)c3ccc(OC)cc3)c2C)n1. The van der Waals surface area contributed by atoms with Gasteiger partial charge in [-0.25, -0.2) is 13.4 Å². The third-order valence-electron chi connectivity index (χ3n) is 7.40. The van der Waals surface area contributed by atoms with Gasteiger partial charge < -0.3 is 25.2 Å². The van der Waals surface area contributed by atoms with E-state index in [9.17, 15) is 18.3 Å². The number of rotatable bonds is 16. The molecule has 1 amide bonds. The van der Waals surface area contributed by atoms with Gasteiger partial charge in [0.2, 0.25) is 10.0 Å². The molecular weight excluding hydrogens is 625 g/mol. The number of ether oxygens (including phenoxy) is 2. The van der Waals surface area contributed by atoms with Crippen molar-refractivity contribution >= 4 is 38.1 Å². The molecule has 0 aliphatic rings. The zero-order valence-electron chi connectivity index (χ0n) is 26.8. The van der Waals surface area contributed by atoms with Crippen molar-refractivity contribution < 1.29 is 27.8 Å². The molecule has 3 N–H and O–H groups in total. The molecule has 0 unspecified atom stereocenters.